The van der Waals surface area contributed by atoms with Gasteiger partial charge in [0.15, 0.2) is 0 Å². The van der Waals surface area contributed by atoms with Crippen molar-refractivity contribution in [2.45, 2.75) is 38.9 Å². The molecule has 2 nitrogen and oxygen atoms in total. The predicted molar refractivity (Wildman–Crippen MR) is 87.8 cm³/mol. The summed E-state index contributed by atoms with van der Waals surface area (Å²) in [5, 5.41) is 10.6. The van der Waals surface area contributed by atoms with Gasteiger partial charge in [-0.25, -0.2) is 0 Å². The van der Waals surface area contributed by atoms with Crippen LogP contribution in [-0.2, 0) is 0 Å². The molecular formula is C18H19BrO2. The van der Waals surface area contributed by atoms with E-state index < -0.39 is 6.10 Å². The molecule has 1 aliphatic carbocycles. The van der Waals surface area contributed by atoms with E-state index in [4.69, 9.17) is 4.74 Å². The van der Waals surface area contributed by atoms with Crippen molar-refractivity contribution < 1.29 is 9.84 Å². The van der Waals surface area contributed by atoms with Crippen LogP contribution < -0.4 is 4.74 Å². The smallest absolute Gasteiger partial charge is 0.120 e. The average molecular weight is 347 g/mol. The molecule has 21 heavy (non-hydrogen) atoms. The van der Waals surface area contributed by atoms with Crippen LogP contribution in [0.4, 0.5) is 0 Å². The van der Waals surface area contributed by atoms with Crippen LogP contribution in [-0.4, -0.2) is 11.2 Å². The zero-order chi connectivity index (χ0) is 15.0. The molecule has 3 rings (SSSR count). The fourth-order valence-corrected chi connectivity index (χ4v) is 2.69. The summed E-state index contributed by atoms with van der Waals surface area (Å²) in [7, 11) is 0. The number of aliphatic hydroxyl groups is 1. The Morgan fingerprint density at radius 2 is 1.76 bits per heavy atom. The second kappa shape index (κ2) is 5.82. The van der Waals surface area contributed by atoms with Crippen molar-refractivity contribution in [2.75, 3.05) is 0 Å². The third-order valence-corrected chi connectivity index (χ3v) is 5.03. The van der Waals surface area contributed by atoms with Gasteiger partial charge in [0.2, 0.25) is 0 Å². The predicted octanol–water partition coefficient (Wildman–Crippen LogP) is 4.69. The molecular weight excluding hydrogens is 328 g/mol. The summed E-state index contributed by atoms with van der Waals surface area (Å²) >= 11 is 3.56. The van der Waals surface area contributed by atoms with Gasteiger partial charge in [-0.1, -0.05) is 40.2 Å². The van der Waals surface area contributed by atoms with E-state index in [1.54, 1.807) is 0 Å². The first-order valence-electron chi connectivity index (χ1n) is 7.26. The summed E-state index contributed by atoms with van der Waals surface area (Å²) in [6.45, 7) is 4.08. The lowest BCUT2D eigenvalue weighted by Gasteiger charge is -2.15. The molecule has 0 saturated heterocycles. The maximum absolute atomic E-state index is 10.6. The molecule has 1 fully saturated rings. The summed E-state index contributed by atoms with van der Waals surface area (Å²) < 4.78 is 6.90. The minimum atomic E-state index is -0.627. The average Bonchev–Trinajstić information content (AvgIpc) is 3.27. The molecule has 1 N–H and O–H groups in total. The van der Waals surface area contributed by atoms with Crippen LogP contribution in [0.3, 0.4) is 0 Å². The largest absolute Gasteiger partial charge is 0.490 e. The lowest BCUT2D eigenvalue weighted by molar-refractivity contribution is 0.219. The van der Waals surface area contributed by atoms with E-state index in [1.807, 2.05) is 50.2 Å². The molecule has 0 heterocycles. The Balaban J connectivity index is 1.88. The van der Waals surface area contributed by atoms with Crippen LogP contribution >= 0.6 is 15.9 Å². The second-order valence-electron chi connectivity index (χ2n) is 5.76. The van der Waals surface area contributed by atoms with Crippen molar-refractivity contribution in [2.24, 2.45) is 0 Å². The molecule has 1 atom stereocenters. The summed E-state index contributed by atoms with van der Waals surface area (Å²) in [5.41, 5.74) is 4.05. The quantitative estimate of drug-likeness (QED) is 0.870. The monoisotopic (exact) mass is 346 g/mol. The van der Waals surface area contributed by atoms with Crippen LogP contribution in [0.1, 0.15) is 41.2 Å². The van der Waals surface area contributed by atoms with Crippen molar-refractivity contribution in [3.05, 3.63) is 63.1 Å². The van der Waals surface area contributed by atoms with Gasteiger partial charge in [0.05, 0.1) is 6.10 Å². The molecule has 2 aromatic rings. The van der Waals surface area contributed by atoms with Crippen molar-refractivity contribution >= 4 is 15.9 Å². The molecule has 0 aromatic heterocycles. The van der Waals surface area contributed by atoms with Gasteiger partial charge in [0.25, 0.3) is 0 Å². The standard InChI is InChI=1S/C18H19BrO2/c1-11-8-14(9-12(2)17(11)19)18(20)13-4-3-5-16(10-13)21-15-6-7-15/h3-5,8-10,15,18,20H,6-7H2,1-2H3. The van der Waals surface area contributed by atoms with E-state index in [0.29, 0.717) is 6.10 Å². The molecule has 1 saturated carbocycles. The lowest BCUT2D eigenvalue weighted by atomic mass is 9.98. The van der Waals surface area contributed by atoms with Crippen molar-refractivity contribution in [1.82, 2.24) is 0 Å². The molecule has 0 spiro atoms. The molecule has 0 aliphatic heterocycles. The SMILES string of the molecule is Cc1cc(C(O)c2cccc(OC3CC3)c2)cc(C)c1Br. The Kier molecular flexibility index (Phi) is 4.05. The van der Waals surface area contributed by atoms with Crippen LogP contribution in [0.5, 0.6) is 5.75 Å². The maximum Gasteiger partial charge on any atom is 0.120 e. The van der Waals surface area contributed by atoms with Gasteiger partial charge >= 0.3 is 0 Å². The number of hydrogen-bond acceptors (Lipinski definition) is 2. The van der Waals surface area contributed by atoms with Crippen LogP contribution in [0.2, 0.25) is 0 Å². The molecule has 0 amide bonds. The molecule has 110 valence electrons. The Hall–Kier alpha value is -1.32. The highest BCUT2D eigenvalue weighted by Crippen LogP contribution is 2.32. The Labute approximate surface area is 133 Å². The molecule has 0 radical (unpaired) electrons. The number of rotatable bonds is 4. The van der Waals surface area contributed by atoms with Gasteiger partial charge in [-0.3, -0.25) is 0 Å². The third kappa shape index (κ3) is 3.30. The van der Waals surface area contributed by atoms with Gasteiger partial charge in [0.1, 0.15) is 11.9 Å². The van der Waals surface area contributed by atoms with Crippen LogP contribution in [0, 0.1) is 13.8 Å². The minimum absolute atomic E-state index is 0.370. The van der Waals surface area contributed by atoms with Crippen LogP contribution in [0.25, 0.3) is 0 Å². The number of benzene rings is 2. The normalized spacial score (nSPS) is 15.8. The first-order valence-corrected chi connectivity index (χ1v) is 8.05. The van der Waals surface area contributed by atoms with Crippen LogP contribution in [0.15, 0.2) is 40.9 Å². The zero-order valence-electron chi connectivity index (χ0n) is 12.3. The van der Waals surface area contributed by atoms with Gasteiger partial charge in [-0.05, 0) is 61.1 Å². The Morgan fingerprint density at radius 3 is 2.38 bits per heavy atom. The van der Waals surface area contributed by atoms with Gasteiger partial charge in [-0.2, -0.15) is 0 Å². The van der Waals surface area contributed by atoms with Gasteiger partial charge in [0, 0.05) is 4.47 Å². The second-order valence-corrected chi connectivity index (χ2v) is 6.55. The van der Waals surface area contributed by atoms with E-state index in [2.05, 4.69) is 15.9 Å². The maximum atomic E-state index is 10.6. The summed E-state index contributed by atoms with van der Waals surface area (Å²) in [6, 6.07) is 11.8. The topological polar surface area (TPSA) is 29.5 Å². The first-order chi connectivity index (χ1) is 10.0. The van der Waals surface area contributed by atoms with Crippen molar-refractivity contribution in [3.8, 4) is 5.75 Å². The summed E-state index contributed by atoms with van der Waals surface area (Å²) in [6.07, 6.45) is 2.02. The van der Waals surface area contributed by atoms with Crippen molar-refractivity contribution in [3.63, 3.8) is 0 Å². The van der Waals surface area contributed by atoms with E-state index in [9.17, 15) is 5.11 Å². The Bertz CT molecular complexity index is 639. The fourth-order valence-electron chi connectivity index (χ4n) is 2.47. The fraction of sp³-hybridized carbons (Fsp3) is 0.333. The third-order valence-electron chi connectivity index (χ3n) is 3.78. The summed E-state index contributed by atoms with van der Waals surface area (Å²) in [4.78, 5) is 0. The summed E-state index contributed by atoms with van der Waals surface area (Å²) in [5.74, 6) is 0.847. The minimum Gasteiger partial charge on any atom is -0.490 e. The number of aryl methyl sites for hydroxylation is 2. The number of aliphatic hydroxyl groups excluding tert-OH is 1. The molecule has 0 bridgehead atoms. The molecule has 2 aromatic carbocycles. The van der Waals surface area contributed by atoms with E-state index in [1.165, 1.54) is 0 Å². The highest BCUT2D eigenvalue weighted by atomic mass is 79.9. The highest BCUT2D eigenvalue weighted by Gasteiger charge is 2.23. The van der Waals surface area contributed by atoms with Gasteiger partial charge < -0.3 is 9.84 Å². The van der Waals surface area contributed by atoms with Crippen molar-refractivity contribution in [1.29, 1.82) is 0 Å². The van der Waals surface area contributed by atoms with E-state index in [0.717, 1.165) is 45.3 Å². The number of hydrogen-bond donors (Lipinski definition) is 1. The first kappa shape index (κ1) is 14.6. The molecule has 1 unspecified atom stereocenters. The lowest BCUT2D eigenvalue weighted by Crippen LogP contribution is -2.03. The Morgan fingerprint density at radius 1 is 1.10 bits per heavy atom. The molecule has 1 aliphatic rings. The zero-order valence-corrected chi connectivity index (χ0v) is 13.9. The van der Waals surface area contributed by atoms with Gasteiger partial charge in [-0.15, -0.1) is 0 Å². The van der Waals surface area contributed by atoms with E-state index in [-0.39, 0.29) is 0 Å². The number of halogens is 1. The number of ether oxygens (including phenoxy) is 1. The van der Waals surface area contributed by atoms with E-state index >= 15 is 0 Å². The molecule has 3 heteroatoms. The highest BCUT2D eigenvalue weighted by molar-refractivity contribution is 9.10.